The fourth-order valence-corrected chi connectivity index (χ4v) is 1.43. The normalized spacial score (nSPS) is 34.1. The maximum atomic E-state index is 5.85. The molecule has 0 bridgehead atoms. The molecule has 3 nitrogen and oxygen atoms in total. The van der Waals surface area contributed by atoms with E-state index in [4.69, 9.17) is 10.6 Å². The Labute approximate surface area is 68.5 Å². The SMILES string of the molecule is CCON1CCC(N)C(C)C1. The highest BCUT2D eigenvalue weighted by molar-refractivity contribution is 4.76. The average molecular weight is 158 g/mol. The number of nitrogens with two attached hydrogens (primary N) is 1. The lowest BCUT2D eigenvalue weighted by Gasteiger charge is -2.33. The molecule has 66 valence electrons. The first-order valence-electron chi connectivity index (χ1n) is 4.37. The third kappa shape index (κ3) is 2.43. The van der Waals surface area contributed by atoms with Gasteiger partial charge in [-0.05, 0) is 19.3 Å². The van der Waals surface area contributed by atoms with Gasteiger partial charge in [0.15, 0.2) is 0 Å². The fraction of sp³-hybridized carbons (Fsp3) is 1.00. The van der Waals surface area contributed by atoms with Crippen molar-refractivity contribution in [2.75, 3.05) is 19.7 Å². The monoisotopic (exact) mass is 158 g/mol. The van der Waals surface area contributed by atoms with Gasteiger partial charge in [0.25, 0.3) is 0 Å². The van der Waals surface area contributed by atoms with Crippen molar-refractivity contribution < 1.29 is 4.84 Å². The van der Waals surface area contributed by atoms with Gasteiger partial charge in [0.05, 0.1) is 6.61 Å². The van der Waals surface area contributed by atoms with Crippen LogP contribution in [0, 0.1) is 5.92 Å². The summed E-state index contributed by atoms with van der Waals surface area (Å²) in [4.78, 5) is 5.38. The van der Waals surface area contributed by atoms with Crippen molar-refractivity contribution in [2.45, 2.75) is 26.3 Å². The Morgan fingerprint density at radius 3 is 2.91 bits per heavy atom. The molecular formula is C8H18N2O. The summed E-state index contributed by atoms with van der Waals surface area (Å²) >= 11 is 0. The van der Waals surface area contributed by atoms with Gasteiger partial charge in [0.2, 0.25) is 0 Å². The molecule has 1 fully saturated rings. The van der Waals surface area contributed by atoms with Crippen LogP contribution in [0.15, 0.2) is 0 Å². The molecule has 2 unspecified atom stereocenters. The van der Waals surface area contributed by atoms with Gasteiger partial charge < -0.3 is 5.73 Å². The van der Waals surface area contributed by atoms with E-state index in [1.165, 1.54) is 0 Å². The minimum absolute atomic E-state index is 0.367. The van der Waals surface area contributed by atoms with Crippen LogP contribution in [0.25, 0.3) is 0 Å². The summed E-state index contributed by atoms with van der Waals surface area (Å²) in [6, 6.07) is 0.367. The molecule has 1 heterocycles. The Bertz CT molecular complexity index is 119. The van der Waals surface area contributed by atoms with Crippen LogP contribution in [0.4, 0.5) is 0 Å². The lowest BCUT2D eigenvalue weighted by molar-refractivity contribution is -0.174. The van der Waals surface area contributed by atoms with E-state index in [1.54, 1.807) is 0 Å². The molecule has 0 aromatic carbocycles. The van der Waals surface area contributed by atoms with Crippen LogP contribution in [0.5, 0.6) is 0 Å². The lowest BCUT2D eigenvalue weighted by Crippen LogP contribution is -2.45. The van der Waals surface area contributed by atoms with E-state index in [-0.39, 0.29) is 0 Å². The van der Waals surface area contributed by atoms with Crippen LogP contribution in [-0.2, 0) is 4.84 Å². The van der Waals surface area contributed by atoms with Crippen molar-refractivity contribution in [3.05, 3.63) is 0 Å². The second-order valence-corrected chi connectivity index (χ2v) is 3.24. The number of hydroxylamine groups is 2. The van der Waals surface area contributed by atoms with Gasteiger partial charge in [-0.2, -0.15) is 5.06 Å². The van der Waals surface area contributed by atoms with Crippen LogP contribution in [0.3, 0.4) is 0 Å². The molecule has 0 aromatic heterocycles. The predicted octanol–water partition coefficient (Wildman–Crippen LogP) is 0.607. The zero-order chi connectivity index (χ0) is 8.27. The maximum absolute atomic E-state index is 5.85. The van der Waals surface area contributed by atoms with Crippen molar-refractivity contribution in [3.63, 3.8) is 0 Å². The van der Waals surface area contributed by atoms with E-state index in [0.717, 1.165) is 26.1 Å². The molecular weight excluding hydrogens is 140 g/mol. The summed E-state index contributed by atoms with van der Waals surface area (Å²) < 4.78 is 0. The second-order valence-electron chi connectivity index (χ2n) is 3.24. The van der Waals surface area contributed by atoms with E-state index >= 15 is 0 Å². The molecule has 1 rings (SSSR count). The number of rotatable bonds is 2. The highest BCUT2D eigenvalue weighted by Gasteiger charge is 2.22. The largest absolute Gasteiger partial charge is 0.327 e. The van der Waals surface area contributed by atoms with E-state index in [1.807, 2.05) is 12.0 Å². The molecule has 11 heavy (non-hydrogen) atoms. The summed E-state index contributed by atoms with van der Waals surface area (Å²) in [5.41, 5.74) is 5.85. The first-order valence-corrected chi connectivity index (χ1v) is 4.37. The standard InChI is InChI=1S/C8H18N2O/c1-3-11-10-5-4-8(9)7(2)6-10/h7-8H,3-6,9H2,1-2H3. The average Bonchev–Trinajstić information content (AvgIpc) is 1.98. The number of hydrogen-bond donors (Lipinski definition) is 1. The third-order valence-corrected chi connectivity index (χ3v) is 2.25. The summed E-state index contributed by atoms with van der Waals surface area (Å²) in [5.74, 6) is 0.565. The van der Waals surface area contributed by atoms with Crippen LogP contribution < -0.4 is 5.73 Å². The molecule has 0 amide bonds. The maximum Gasteiger partial charge on any atom is 0.0656 e. The molecule has 2 atom stereocenters. The van der Waals surface area contributed by atoms with Crippen LogP contribution in [0.2, 0.25) is 0 Å². The Hall–Kier alpha value is -0.120. The second kappa shape index (κ2) is 4.04. The summed E-state index contributed by atoms with van der Waals surface area (Å²) in [7, 11) is 0. The molecule has 3 heteroatoms. The third-order valence-electron chi connectivity index (χ3n) is 2.25. The zero-order valence-corrected chi connectivity index (χ0v) is 7.42. The van der Waals surface area contributed by atoms with Crippen molar-refractivity contribution >= 4 is 0 Å². The highest BCUT2D eigenvalue weighted by Crippen LogP contribution is 2.14. The van der Waals surface area contributed by atoms with Crippen molar-refractivity contribution in [1.82, 2.24) is 5.06 Å². The zero-order valence-electron chi connectivity index (χ0n) is 7.42. The number of piperidine rings is 1. The Morgan fingerprint density at radius 1 is 1.64 bits per heavy atom. The van der Waals surface area contributed by atoms with E-state index < -0.39 is 0 Å². The van der Waals surface area contributed by atoms with Crippen LogP contribution in [0.1, 0.15) is 20.3 Å². The van der Waals surface area contributed by atoms with E-state index in [9.17, 15) is 0 Å². The van der Waals surface area contributed by atoms with Gasteiger partial charge in [0.1, 0.15) is 0 Å². The molecule has 1 saturated heterocycles. The van der Waals surface area contributed by atoms with Crippen molar-refractivity contribution in [2.24, 2.45) is 11.7 Å². The fourth-order valence-electron chi connectivity index (χ4n) is 1.43. The Balaban J connectivity index is 2.28. The van der Waals surface area contributed by atoms with Gasteiger partial charge in [-0.3, -0.25) is 4.84 Å². The topological polar surface area (TPSA) is 38.5 Å². The predicted molar refractivity (Wildman–Crippen MR) is 45.0 cm³/mol. The molecule has 0 aromatic rings. The van der Waals surface area contributed by atoms with Crippen LogP contribution in [-0.4, -0.2) is 30.8 Å². The van der Waals surface area contributed by atoms with E-state index in [0.29, 0.717) is 12.0 Å². The Morgan fingerprint density at radius 2 is 2.36 bits per heavy atom. The van der Waals surface area contributed by atoms with Crippen molar-refractivity contribution in [1.29, 1.82) is 0 Å². The summed E-state index contributed by atoms with van der Waals surface area (Å²) in [5, 5.41) is 2.02. The molecule has 0 saturated carbocycles. The van der Waals surface area contributed by atoms with E-state index in [2.05, 4.69) is 6.92 Å². The quantitative estimate of drug-likeness (QED) is 0.640. The Kier molecular flexibility index (Phi) is 3.30. The smallest absolute Gasteiger partial charge is 0.0656 e. The first kappa shape index (κ1) is 8.97. The minimum atomic E-state index is 0.367. The molecule has 1 aliphatic heterocycles. The minimum Gasteiger partial charge on any atom is -0.327 e. The van der Waals surface area contributed by atoms with Gasteiger partial charge in [0, 0.05) is 19.1 Å². The molecule has 2 N–H and O–H groups in total. The molecule has 0 spiro atoms. The molecule has 1 aliphatic rings. The van der Waals surface area contributed by atoms with Crippen LogP contribution >= 0.6 is 0 Å². The van der Waals surface area contributed by atoms with Crippen molar-refractivity contribution in [3.8, 4) is 0 Å². The van der Waals surface area contributed by atoms with Gasteiger partial charge in [-0.15, -0.1) is 0 Å². The number of nitrogens with zero attached hydrogens (tertiary/aromatic N) is 1. The van der Waals surface area contributed by atoms with Gasteiger partial charge >= 0.3 is 0 Å². The summed E-state index contributed by atoms with van der Waals surface area (Å²) in [6.07, 6.45) is 1.06. The molecule has 0 aliphatic carbocycles. The lowest BCUT2D eigenvalue weighted by atomic mass is 9.96. The van der Waals surface area contributed by atoms with Gasteiger partial charge in [-0.1, -0.05) is 6.92 Å². The van der Waals surface area contributed by atoms with Gasteiger partial charge in [-0.25, -0.2) is 0 Å². The number of hydrogen-bond acceptors (Lipinski definition) is 3. The first-order chi connectivity index (χ1) is 5.24. The summed E-state index contributed by atoms with van der Waals surface area (Å²) in [6.45, 7) is 6.92. The highest BCUT2D eigenvalue weighted by atomic mass is 16.7. The molecule has 0 radical (unpaired) electrons.